The van der Waals surface area contributed by atoms with Gasteiger partial charge in [0, 0.05) is 19.2 Å². The number of amides is 1. The van der Waals surface area contributed by atoms with E-state index in [0.717, 1.165) is 22.1 Å². The van der Waals surface area contributed by atoms with Crippen molar-refractivity contribution in [2.24, 2.45) is 0 Å². The lowest BCUT2D eigenvalue weighted by molar-refractivity contribution is 0.0963. The Balaban J connectivity index is 1.94. The van der Waals surface area contributed by atoms with Crippen LogP contribution in [0.4, 0.5) is 0 Å². The zero-order valence-electron chi connectivity index (χ0n) is 12.3. The Morgan fingerprint density at radius 1 is 1.27 bits per heavy atom. The van der Waals surface area contributed by atoms with Crippen LogP contribution in [0.1, 0.15) is 15.9 Å². The van der Waals surface area contributed by atoms with Crippen LogP contribution in [0.15, 0.2) is 48.8 Å². The van der Waals surface area contributed by atoms with Gasteiger partial charge >= 0.3 is 7.48 Å². The van der Waals surface area contributed by atoms with E-state index in [4.69, 9.17) is 5.02 Å². The van der Waals surface area contributed by atoms with Gasteiger partial charge in [-0.2, -0.15) is 0 Å². The summed E-state index contributed by atoms with van der Waals surface area (Å²) in [6.07, 6.45) is 1.78. The summed E-state index contributed by atoms with van der Waals surface area (Å²) in [5, 5.41) is 11.7. The van der Waals surface area contributed by atoms with E-state index in [9.17, 15) is 4.79 Å². The second-order valence-electron chi connectivity index (χ2n) is 5.13. The minimum absolute atomic E-state index is 0.0454. The van der Waals surface area contributed by atoms with Gasteiger partial charge in [0.25, 0.3) is 5.91 Å². The molecule has 0 unspecified atom stereocenters. The number of carbonyl (C=O) groups excluding carboxylic acids is 1. The van der Waals surface area contributed by atoms with Gasteiger partial charge in [0.05, 0.1) is 17.4 Å². The van der Waals surface area contributed by atoms with Crippen LogP contribution in [0.3, 0.4) is 0 Å². The number of hydrogen-bond acceptors (Lipinski definition) is 3. The third-order valence-corrected chi connectivity index (χ3v) is 3.67. The van der Waals surface area contributed by atoms with Crippen molar-refractivity contribution in [3.05, 3.63) is 59.9 Å². The quantitative estimate of drug-likeness (QED) is 0.685. The molecule has 1 heterocycles. The fourth-order valence-corrected chi connectivity index (χ4v) is 2.42. The highest BCUT2D eigenvalue weighted by Gasteiger charge is 2.08. The fraction of sp³-hybridized carbons (Fsp3) is 0.125. The molecule has 0 radical (unpaired) electrons. The molecule has 0 atom stereocenters. The summed E-state index contributed by atoms with van der Waals surface area (Å²) in [6.45, 7) is 0.666. The van der Waals surface area contributed by atoms with Crippen molar-refractivity contribution in [2.75, 3.05) is 7.05 Å². The fourth-order valence-electron chi connectivity index (χ4n) is 2.42. The molecular formula is C16H16BN3O2. The van der Waals surface area contributed by atoms with Gasteiger partial charge in [-0.05, 0) is 23.8 Å². The number of aromatic nitrogens is 2. The molecule has 0 saturated heterocycles. The van der Waals surface area contributed by atoms with E-state index < -0.39 is 0 Å². The topological polar surface area (TPSA) is 67.2 Å². The van der Waals surface area contributed by atoms with Crippen molar-refractivity contribution in [3.63, 3.8) is 0 Å². The molecule has 2 N–H and O–H groups in total. The van der Waals surface area contributed by atoms with Gasteiger partial charge < -0.3 is 14.9 Å². The second-order valence-corrected chi connectivity index (χ2v) is 5.13. The van der Waals surface area contributed by atoms with Crippen LogP contribution in [0.5, 0.6) is 0 Å². The van der Waals surface area contributed by atoms with E-state index in [1.165, 1.54) is 0 Å². The second kappa shape index (κ2) is 6.03. The Hall–Kier alpha value is -2.60. The number of benzene rings is 2. The van der Waals surface area contributed by atoms with Crippen LogP contribution in [-0.2, 0) is 6.54 Å². The minimum atomic E-state index is -0.109. The van der Waals surface area contributed by atoms with E-state index in [1.807, 2.05) is 41.0 Å². The Bertz CT molecular complexity index is 812. The molecule has 3 aromatic rings. The molecule has 22 heavy (non-hydrogen) atoms. The van der Waals surface area contributed by atoms with E-state index in [2.05, 4.69) is 10.3 Å². The summed E-state index contributed by atoms with van der Waals surface area (Å²) in [5.41, 5.74) is 4.40. The Labute approximate surface area is 128 Å². The molecule has 0 aliphatic rings. The maximum atomic E-state index is 11.8. The average molecular weight is 293 g/mol. The van der Waals surface area contributed by atoms with Crippen LogP contribution in [0, 0.1) is 0 Å². The summed E-state index contributed by atoms with van der Waals surface area (Å²) in [5.74, 6) is -0.109. The zero-order valence-corrected chi connectivity index (χ0v) is 12.3. The summed E-state index contributed by atoms with van der Waals surface area (Å²) < 4.78 is 2.01. The van der Waals surface area contributed by atoms with Crippen molar-refractivity contribution < 1.29 is 9.82 Å². The number of nitrogens with zero attached hydrogens (tertiary/aromatic N) is 2. The molecule has 0 bridgehead atoms. The first-order valence-corrected chi connectivity index (χ1v) is 7.07. The predicted octanol–water partition coefficient (Wildman–Crippen LogP) is 0.413. The number of hydrogen-bond donors (Lipinski definition) is 2. The van der Waals surface area contributed by atoms with E-state index in [1.54, 1.807) is 19.4 Å². The van der Waals surface area contributed by atoms with Crippen LogP contribution in [-0.4, -0.2) is 35.0 Å². The normalized spacial score (nSPS) is 10.6. The highest BCUT2D eigenvalue weighted by atomic mass is 16.2. The van der Waals surface area contributed by atoms with Crippen molar-refractivity contribution in [2.45, 2.75) is 6.54 Å². The summed E-state index contributed by atoms with van der Waals surface area (Å²) in [4.78, 5) is 16.1. The lowest BCUT2D eigenvalue weighted by Gasteiger charge is -2.06. The van der Waals surface area contributed by atoms with Crippen molar-refractivity contribution in [3.8, 4) is 0 Å². The third-order valence-electron chi connectivity index (χ3n) is 3.67. The average Bonchev–Trinajstić information content (AvgIpc) is 2.97. The molecule has 5 nitrogen and oxygen atoms in total. The van der Waals surface area contributed by atoms with Gasteiger partial charge in [-0.15, -0.1) is 0 Å². The van der Waals surface area contributed by atoms with E-state index >= 15 is 0 Å². The van der Waals surface area contributed by atoms with E-state index in [0.29, 0.717) is 12.1 Å². The van der Waals surface area contributed by atoms with Crippen molar-refractivity contribution >= 4 is 29.9 Å². The first kappa shape index (κ1) is 14.3. The maximum absolute atomic E-state index is 11.8. The van der Waals surface area contributed by atoms with Gasteiger partial charge in [0.15, 0.2) is 0 Å². The standard InChI is InChI=1S/C16H16BN3O2/c1-18-16(21)12-4-7-14-15(8-12)20(10-19-14)9-11-2-5-13(17-22)6-3-11/h2-8,10,17,22H,9H2,1H3,(H,18,21). The molecule has 110 valence electrons. The van der Waals surface area contributed by atoms with Gasteiger partial charge in [0.1, 0.15) is 0 Å². The molecule has 1 aromatic heterocycles. The Morgan fingerprint density at radius 2 is 2.05 bits per heavy atom. The highest BCUT2D eigenvalue weighted by molar-refractivity contribution is 6.45. The summed E-state index contributed by atoms with van der Waals surface area (Å²) in [6, 6.07) is 13.3. The van der Waals surface area contributed by atoms with Gasteiger partial charge in [-0.3, -0.25) is 4.79 Å². The number of imidazole rings is 1. The van der Waals surface area contributed by atoms with Gasteiger partial charge in [0.2, 0.25) is 0 Å². The minimum Gasteiger partial charge on any atom is -0.449 e. The first-order valence-electron chi connectivity index (χ1n) is 7.07. The molecule has 0 saturated carbocycles. The largest absolute Gasteiger partial charge is 0.449 e. The number of fused-ring (bicyclic) bond motifs is 1. The Kier molecular flexibility index (Phi) is 3.93. The van der Waals surface area contributed by atoms with Crippen LogP contribution >= 0.6 is 0 Å². The predicted molar refractivity (Wildman–Crippen MR) is 87.7 cm³/mol. The third kappa shape index (κ3) is 2.73. The Morgan fingerprint density at radius 3 is 2.73 bits per heavy atom. The molecular weight excluding hydrogens is 277 g/mol. The van der Waals surface area contributed by atoms with Crippen LogP contribution < -0.4 is 10.8 Å². The molecule has 6 heteroatoms. The van der Waals surface area contributed by atoms with Crippen LogP contribution in [0.2, 0.25) is 0 Å². The zero-order chi connectivity index (χ0) is 15.5. The highest BCUT2D eigenvalue weighted by Crippen LogP contribution is 2.16. The maximum Gasteiger partial charge on any atom is 0.304 e. The number of nitrogens with one attached hydrogen (secondary N) is 1. The first-order chi connectivity index (χ1) is 10.7. The molecule has 1 amide bonds. The molecule has 0 aliphatic heterocycles. The molecule has 3 rings (SSSR count). The SMILES string of the molecule is CNC(=O)c1ccc2ncn(Cc3ccc(BO)cc3)c2c1. The molecule has 2 aromatic carbocycles. The smallest absolute Gasteiger partial charge is 0.304 e. The lowest BCUT2D eigenvalue weighted by atomic mass is 9.88. The monoisotopic (exact) mass is 293 g/mol. The van der Waals surface area contributed by atoms with E-state index in [-0.39, 0.29) is 13.4 Å². The van der Waals surface area contributed by atoms with Crippen LogP contribution in [0.25, 0.3) is 11.0 Å². The number of rotatable bonds is 4. The van der Waals surface area contributed by atoms with Crippen molar-refractivity contribution in [1.29, 1.82) is 0 Å². The summed E-state index contributed by atoms with van der Waals surface area (Å²) >= 11 is 0. The molecule has 0 fully saturated rings. The van der Waals surface area contributed by atoms with Gasteiger partial charge in [-0.1, -0.05) is 29.7 Å². The summed E-state index contributed by atoms with van der Waals surface area (Å²) in [7, 11) is 1.66. The molecule has 0 spiro atoms. The van der Waals surface area contributed by atoms with Crippen molar-refractivity contribution in [1.82, 2.24) is 14.9 Å². The van der Waals surface area contributed by atoms with Gasteiger partial charge in [-0.25, -0.2) is 4.98 Å². The lowest BCUT2D eigenvalue weighted by Crippen LogP contribution is -2.17. The number of carbonyl (C=O) groups is 1. The molecule has 0 aliphatic carbocycles.